The third-order valence-electron chi connectivity index (χ3n) is 1.64. The van der Waals surface area contributed by atoms with E-state index in [1.54, 1.807) is 0 Å². The van der Waals surface area contributed by atoms with Gasteiger partial charge in [-0.3, -0.25) is 14.1 Å². The van der Waals surface area contributed by atoms with E-state index < -0.39 is 39.6 Å². The van der Waals surface area contributed by atoms with Crippen molar-refractivity contribution in [2.45, 2.75) is 32.4 Å². The first kappa shape index (κ1) is 15.5. The summed E-state index contributed by atoms with van der Waals surface area (Å²) in [7, 11) is -4.66. The Hall–Kier alpha value is -1.48. The molecule has 2 amide bonds. The van der Waals surface area contributed by atoms with Crippen molar-refractivity contribution in [1.82, 2.24) is 5.06 Å². The second kappa shape index (κ2) is 5.73. The summed E-state index contributed by atoms with van der Waals surface area (Å²) in [6, 6.07) is 0. The van der Waals surface area contributed by atoms with Gasteiger partial charge in [-0.2, -0.15) is 8.42 Å². The fourth-order valence-electron chi connectivity index (χ4n) is 1.04. The normalized spacial score (nSPS) is 19.8. The van der Waals surface area contributed by atoms with Crippen molar-refractivity contribution in [3.05, 3.63) is 0 Å². The molecular formula is C8H13NO7S. The van der Waals surface area contributed by atoms with Crippen molar-refractivity contribution in [3.63, 3.8) is 0 Å². The molecule has 1 atom stereocenters. The van der Waals surface area contributed by atoms with Crippen LogP contribution in [0.5, 0.6) is 0 Å². The van der Waals surface area contributed by atoms with Crippen LogP contribution in [0.3, 0.4) is 0 Å². The monoisotopic (exact) mass is 267 g/mol. The molecule has 1 saturated heterocycles. The van der Waals surface area contributed by atoms with Crippen molar-refractivity contribution in [1.29, 1.82) is 0 Å². The molecule has 1 aliphatic rings. The molecule has 1 N–H and O–H groups in total. The van der Waals surface area contributed by atoms with E-state index in [1.807, 2.05) is 13.8 Å². The van der Waals surface area contributed by atoms with Gasteiger partial charge in [-0.15, -0.1) is 5.06 Å². The lowest BCUT2D eigenvalue weighted by Crippen LogP contribution is -2.36. The highest BCUT2D eigenvalue weighted by atomic mass is 32.2. The molecule has 1 rings (SSSR count). The molecule has 1 fully saturated rings. The lowest BCUT2D eigenvalue weighted by molar-refractivity contribution is -0.195. The average Bonchev–Trinajstić information content (AvgIpc) is 2.47. The highest BCUT2D eigenvalue weighted by molar-refractivity contribution is 7.87. The van der Waals surface area contributed by atoms with Crippen LogP contribution in [0, 0.1) is 0 Å². The Balaban J connectivity index is 0.00000121. The molecule has 98 valence electrons. The Morgan fingerprint density at radius 2 is 1.88 bits per heavy atom. The first-order chi connectivity index (χ1) is 7.73. The molecule has 1 heterocycles. The van der Waals surface area contributed by atoms with Crippen LogP contribution in [0.15, 0.2) is 0 Å². The van der Waals surface area contributed by atoms with Gasteiger partial charge in [0, 0.05) is 6.92 Å². The summed E-state index contributed by atoms with van der Waals surface area (Å²) in [5, 5.41) is -1.84. The zero-order chi connectivity index (χ0) is 13.8. The summed E-state index contributed by atoms with van der Waals surface area (Å²) in [6.45, 7) is 4.95. The lowest BCUT2D eigenvalue weighted by Gasteiger charge is -2.10. The number of nitrogens with zero attached hydrogens (tertiary/aromatic N) is 1. The van der Waals surface area contributed by atoms with Crippen LogP contribution in [-0.2, 0) is 29.3 Å². The molecular weight excluding hydrogens is 254 g/mol. The minimum Gasteiger partial charge on any atom is -0.331 e. The van der Waals surface area contributed by atoms with Crippen molar-refractivity contribution in [2.24, 2.45) is 0 Å². The average molecular weight is 267 g/mol. The minimum absolute atomic E-state index is 0.0424. The number of amides is 2. The Bertz CT molecular complexity index is 427. The molecule has 1 aliphatic heterocycles. The number of imide groups is 1. The molecule has 0 saturated carbocycles. The van der Waals surface area contributed by atoms with E-state index in [0.29, 0.717) is 0 Å². The number of hydrogen-bond donors (Lipinski definition) is 1. The quantitative estimate of drug-likeness (QED) is 0.529. The molecule has 0 aromatic carbocycles. The maximum atomic E-state index is 11.2. The summed E-state index contributed by atoms with van der Waals surface area (Å²) < 4.78 is 29.9. The Morgan fingerprint density at radius 3 is 2.18 bits per heavy atom. The molecule has 8 nitrogen and oxygen atoms in total. The van der Waals surface area contributed by atoms with E-state index in [0.717, 1.165) is 6.92 Å². The number of hydroxylamine groups is 2. The molecule has 0 bridgehead atoms. The van der Waals surface area contributed by atoms with Gasteiger partial charge >= 0.3 is 5.97 Å². The van der Waals surface area contributed by atoms with E-state index in [-0.39, 0.29) is 5.06 Å². The summed E-state index contributed by atoms with van der Waals surface area (Å²) >= 11 is 0. The van der Waals surface area contributed by atoms with E-state index in [2.05, 4.69) is 4.84 Å². The van der Waals surface area contributed by atoms with E-state index in [9.17, 15) is 22.8 Å². The van der Waals surface area contributed by atoms with Crippen LogP contribution < -0.4 is 0 Å². The van der Waals surface area contributed by atoms with E-state index >= 15 is 0 Å². The highest BCUT2D eigenvalue weighted by Gasteiger charge is 2.48. The van der Waals surface area contributed by atoms with Gasteiger partial charge in [0.05, 0.1) is 6.42 Å². The first-order valence-corrected chi connectivity index (χ1v) is 6.25. The SMILES string of the molecule is CC.CC(=O)ON1C(=O)CC(S(=O)(=O)O)C1=O. The molecule has 1 unspecified atom stereocenters. The lowest BCUT2D eigenvalue weighted by atomic mass is 10.4. The fraction of sp³-hybridized carbons (Fsp3) is 0.625. The molecule has 17 heavy (non-hydrogen) atoms. The summed E-state index contributed by atoms with van der Waals surface area (Å²) in [5.41, 5.74) is 0. The summed E-state index contributed by atoms with van der Waals surface area (Å²) in [5.74, 6) is -3.19. The van der Waals surface area contributed by atoms with Gasteiger partial charge in [0.1, 0.15) is 0 Å². The van der Waals surface area contributed by atoms with Crippen LogP contribution in [0.25, 0.3) is 0 Å². The second-order valence-electron chi connectivity index (χ2n) is 2.82. The summed E-state index contributed by atoms with van der Waals surface area (Å²) in [4.78, 5) is 36.9. The molecule has 0 radical (unpaired) electrons. The van der Waals surface area contributed by atoms with Crippen molar-refractivity contribution in [2.75, 3.05) is 0 Å². The molecule has 0 aliphatic carbocycles. The number of carbonyl (C=O) groups excluding carboxylic acids is 3. The van der Waals surface area contributed by atoms with Gasteiger partial charge in [0.25, 0.3) is 21.9 Å². The number of rotatable bonds is 2. The van der Waals surface area contributed by atoms with Gasteiger partial charge in [-0.1, -0.05) is 13.8 Å². The standard InChI is InChI=1S/C6H7NO7S.C2H6/c1-3(8)14-7-5(9)2-4(6(7)10)15(11,12)13;1-2/h4H,2H2,1H3,(H,11,12,13);1-2H3. The van der Waals surface area contributed by atoms with Crippen molar-refractivity contribution >= 4 is 27.9 Å². The fourth-order valence-corrected chi connectivity index (χ4v) is 1.74. The number of hydrogen-bond acceptors (Lipinski definition) is 6. The largest absolute Gasteiger partial charge is 0.331 e. The number of carbonyl (C=O) groups is 3. The maximum absolute atomic E-state index is 11.2. The van der Waals surface area contributed by atoms with Gasteiger partial charge in [0.15, 0.2) is 5.25 Å². The van der Waals surface area contributed by atoms with Gasteiger partial charge < -0.3 is 4.84 Å². The van der Waals surface area contributed by atoms with Crippen molar-refractivity contribution in [3.8, 4) is 0 Å². The Labute approximate surface area is 98.2 Å². The van der Waals surface area contributed by atoms with Gasteiger partial charge in [-0.25, -0.2) is 4.79 Å². The van der Waals surface area contributed by atoms with Crippen LogP contribution in [0.4, 0.5) is 0 Å². The van der Waals surface area contributed by atoms with Crippen molar-refractivity contribution < 1.29 is 32.2 Å². The third-order valence-corrected chi connectivity index (χ3v) is 2.73. The van der Waals surface area contributed by atoms with Gasteiger partial charge in [0.2, 0.25) is 0 Å². The molecule has 0 aromatic heterocycles. The smallest absolute Gasteiger partial charge is 0.330 e. The van der Waals surface area contributed by atoms with Crippen LogP contribution >= 0.6 is 0 Å². The Morgan fingerprint density at radius 1 is 1.41 bits per heavy atom. The predicted molar refractivity (Wildman–Crippen MR) is 54.9 cm³/mol. The van der Waals surface area contributed by atoms with Crippen LogP contribution in [0.2, 0.25) is 0 Å². The highest BCUT2D eigenvalue weighted by Crippen LogP contribution is 2.19. The van der Waals surface area contributed by atoms with Crippen LogP contribution in [0.1, 0.15) is 27.2 Å². The topological polar surface area (TPSA) is 118 Å². The minimum atomic E-state index is -4.66. The molecule has 0 aromatic rings. The predicted octanol–water partition coefficient (Wildman–Crippen LogP) is -0.494. The van der Waals surface area contributed by atoms with Gasteiger partial charge in [-0.05, 0) is 0 Å². The maximum Gasteiger partial charge on any atom is 0.330 e. The van der Waals surface area contributed by atoms with E-state index in [1.165, 1.54) is 0 Å². The third kappa shape index (κ3) is 3.79. The molecule has 9 heteroatoms. The molecule has 0 spiro atoms. The second-order valence-corrected chi connectivity index (χ2v) is 4.42. The first-order valence-electron chi connectivity index (χ1n) is 4.75. The summed E-state index contributed by atoms with van der Waals surface area (Å²) in [6.07, 6.45) is -0.731. The Kier molecular flexibility index (Phi) is 5.23. The zero-order valence-corrected chi connectivity index (χ0v) is 10.4. The van der Waals surface area contributed by atoms with E-state index in [4.69, 9.17) is 4.55 Å². The van der Waals surface area contributed by atoms with Crippen LogP contribution in [-0.4, -0.2) is 41.1 Å². The zero-order valence-electron chi connectivity index (χ0n) is 9.54.